The van der Waals surface area contributed by atoms with Crippen molar-refractivity contribution in [2.45, 2.75) is 38.1 Å². The van der Waals surface area contributed by atoms with Gasteiger partial charge in [-0.2, -0.15) is 0 Å². The number of esters is 1. The number of benzene rings is 2. The van der Waals surface area contributed by atoms with Crippen molar-refractivity contribution in [3.8, 4) is 0 Å². The molecule has 2 aliphatic rings. The third kappa shape index (κ3) is 5.82. The number of nitrogens with zero attached hydrogens (tertiary/aromatic N) is 2. The molecule has 1 aliphatic carbocycles. The first-order valence-electron chi connectivity index (χ1n) is 11.5. The maximum atomic E-state index is 11.7. The molecule has 0 amide bonds. The van der Waals surface area contributed by atoms with E-state index in [2.05, 4.69) is 51.7 Å². The fourth-order valence-corrected chi connectivity index (χ4v) is 5.94. The fraction of sp³-hybridized carbons (Fsp3) is 0.444. The molecule has 1 fully saturated rings. The molecular formula is C27H32BrClN2O2. The lowest BCUT2D eigenvalue weighted by Crippen LogP contribution is -2.51. The van der Waals surface area contributed by atoms with Crippen molar-refractivity contribution in [3.05, 3.63) is 70.3 Å². The summed E-state index contributed by atoms with van der Waals surface area (Å²) in [5.41, 5.74) is 6.39. The minimum absolute atomic E-state index is 0.214. The topological polar surface area (TPSA) is 32.8 Å². The Morgan fingerprint density at radius 3 is 2.45 bits per heavy atom. The molecule has 6 heteroatoms. The lowest BCUT2D eigenvalue weighted by Gasteiger charge is -2.42. The molecule has 1 heterocycles. The number of rotatable bonds is 5. The number of allylic oxidation sites excluding steroid dienone is 1. The van der Waals surface area contributed by atoms with Gasteiger partial charge in [0, 0.05) is 36.9 Å². The molecule has 4 nitrogen and oxygen atoms in total. The minimum Gasteiger partial charge on any atom is -0.465 e. The van der Waals surface area contributed by atoms with E-state index in [4.69, 9.17) is 16.3 Å². The van der Waals surface area contributed by atoms with Gasteiger partial charge in [0.05, 0.1) is 17.6 Å². The van der Waals surface area contributed by atoms with Gasteiger partial charge in [0.2, 0.25) is 0 Å². The van der Waals surface area contributed by atoms with E-state index in [0.29, 0.717) is 11.0 Å². The lowest BCUT2D eigenvalue weighted by atomic mass is 9.73. The highest BCUT2D eigenvalue weighted by Crippen LogP contribution is 2.43. The van der Waals surface area contributed by atoms with Gasteiger partial charge >= 0.3 is 5.97 Å². The van der Waals surface area contributed by atoms with Crippen LogP contribution in [-0.4, -0.2) is 49.1 Å². The fourth-order valence-electron chi connectivity index (χ4n) is 4.97. The van der Waals surface area contributed by atoms with Crippen molar-refractivity contribution in [1.82, 2.24) is 4.90 Å². The molecule has 2 aromatic rings. The summed E-state index contributed by atoms with van der Waals surface area (Å²) in [5, 5.41) is 0.787. The first-order chi connectivity index (χ1) is 15.8. The van der Waals surface area contributed by atoms with Crippen LogP contribution in [0.1, 0.15) is 49.0 Å². The number of carbonyl (C=O) groups excluding carboxylic acids is 1. The molecule has 1 saturated heterocycles. The number of ether oxygens (including phenoxy) is 1. The third-order valence-corrected chi connectivity index (χ3v) is 7.84. The summed E-state index contributed by atoms with van der Waals surface area (Å²) >= 11 is 10.1. The number of hydrogen-bond acceptors (Lipinski definition) is 4. The zero-order chi connectivity index (χ0) is 23.6. The highest BCUT2D eigenvalue weighted by Gasteiger charge is 2.31. The van der Waals surface area contributed by atoms with Crippen molar-refractivity contribution in [2.75, 3.05) is 38.2 Å². The number of hydrogen-bond donors (Lipinski definition) is 0. The first kappa shape index (κ1) is 24.3. The Morgan fingerprint density at radius 1 is 1.12 bits per heavy atom. The molecule has 4 rings (SSSR count). The highest BCUT2D eigenvalue weighted by atomic mass is 79.9. The quantitative estimate of drug-likeness (QED) is 0.246. The first-order valence-corrected chi connectivity index (χ1v) is 12.8. The standard InChI is InChI=1S/C27H32BrClN2O2/c1-27(2)13-12-24(19-4-8-22(29)9-5-19)21(16-27)17-30-14-15-31(25(28)18-30)23-10-6-20(7-11-23)26(32)33-3/h4-11,25H,12-18H2,1-3H3/t25-/m1/s1. The van der Waals surface area contributed by atoms with Crippen LogP contribution < -0.4 is 4.90 Å². The van der Waals surface area contributed by atoms with Crippen LogP contribution in [0.15, 0.2) is 54.1 Å². The molecular weight excluding hydrogens is 500 g/mol. The monoisotopic (exact) mass is 530 g/mol. The molecule has 0 spiro atoms. The summed E-state index contributed by atoms with van der Waals surface area (Å²) in [6.45, 7) is 8.64. The largest absolute Gasteiger partial charge is 0.465 e. The zero-order valence-corrected chi connectivity index (χ0v) is 22.0. The molecule has 1 atom stereocenters. The van der Waals surface area contributed by atoms with E-state index in [1.54, 1.807) is 5.57 Å². The maximum Gasteiger partial charge on any atom is 0.337 e. The Labute approximate surface area is 210 Å². The van der Waals surface area contributed by atoms with Crippen LogP contribution in [0.4, 0.5) is 5.69 Å². The molecule has 0 radical (unpaired) electrons. The molecule has 33 heavy (non-hydrogen) atoms. The van der Waals surface area contributed by atoms with Crippen LogP contribution in [0.2, 0.25) is 5.02 Å². The van der Waals surface area contributed by atoms with Gasteiger partial charge in [-0.05, 0) is 72.2 Å². The van der Waals surface area contributed by atoms with Gasteiger partial charge in [-0.1, -0.05) is 59.1 Å². The van der Waals surface area contributed by atoms with Gasteiger partial charge < -0.3 is 9.64 Å². The second kappa shape index (κ2) is 10.2. The van der Waals surface area contributed by atoms with Crippen molar-refractivity contribution in [3.63, 3.8) is 0 Å². The van der Waals surface area contributed by atoms with Crippen LogP contribution >= 0.6 is 27.5 Å². The van der Waals surface area contributed by atoms with Crippen LogP contribution in [0.25, 0.3) is 5.57 Å². The van der Waals surface area contributed by atoms with Gasteiger partial charge in [-0.15, -0.1) is 0 Å². The molecule has 0 saturated carbocycles. The normalized spacial score (nSPS) is 21.2. The van der Waals surface area contributed by atoms with Gasteiger partial charge in [0.1, 0.15) is 0 Å². The zero-order valence-electron chi connectivity index (χ0n) is 19.6. The number of methoxy groups -OCH3 is 1. The molecule has 176 valence electrons. The number of carbonyl (C=O) groups is 1. The van der Waals surface area contributed by atoms with Crippen molar-refractivity contribution < 1.29 is 9.53 Å². The second-order valence-electron chi connectivity index (χ2n) is 9.83. The van der Waals surface area contributed by atoms with Gasteiger partial charge in [0.15, 0.2) is 0 Å². The average molecular weight is 532 g/mol. The Balaban J connectivity index is 1.47. The summed E-state index contributed by atoms with van der Waals surface area (Å²) in [6.07, 6.45) is 3.46. The van der Waals surface area contributed by atoms with Crippen molar-refractivity contribution >= 4 is 44.8 Å². The second-order valence-corrected chi connectivity index (χ2v) is 11.3. The Hall–Kier alpha value is -1.82. The molecule has 0 bridgehead atoms. The van der Waals surface area contributed by atoms with Crippen molar-refractivity contribution in [2.24, 2.45) is 5.41 Å². The Bertz CT molecular complexity index is 1020. The molecule has 0 unspecified atom stereocenters. The lowest BCUT2D eigenvalue weighted by molar-refractivity contribution is 0.0600. The smallest absolute Gasteiger partial charge is 0.337 e. The minimum atomic E-state index is -0.304. The molecule has 0 aromatic heterocycles. The Morgan fingerprint density at radius 2 is 1.82 bits per heavy atom. The van der Waals surface area contributed by atoms with Crippen molar-refractivity contribution in [1.29, 1.82) is 0 Å². The predicted octanol–water partition coefficient (Wildman–Crippen LogP) is 6.63. The molecule has 1 aliphatic heterocycles. The Kier molecular flexibility index (Phi) is 7.52. The average Bonchev–Trinajstić information content (AvgIpc) is 2.79. The van der Waals surface area contributed by atoms with Gasteiger partial charge in [-0.3, -0.25) is 4.90 Å². The van der Waals surface area contributed by atoms with Gasteiger partial charge in [0.25, 0.3) is 0 Å². The SMILES string of the molecule is COC(=O)c1ccc(N2CCN(CC3=C(c4ccc(Cl)cc4)CCC(C)(C)C3)C[C@@H]2Br)cc1. The van der Waals surface area contributed by atoms with Crippen LogP contribution in [0.3, 0.4) is 0 Å². The summed E-state index contributed by atoms with van der Waals surface area (Å²) in [5.74, 6) is -0.304. The number of anilines is 1. The summed E-state index contributed by atoms with van der Waals surface area (Å²) in [4.78, 5) is 16.9. The van der Waals surface area contributed by atoms with E-state index < -0.39 is 0 Å². The highest BCUT2D eigenvalue weighted by molar-refractivity contribution is 9.09. The molecule has 2 aromatic carbocycles. The van der Waals surface area contributed by atoms with Gasteiger partial charge in [-0.25, -0.2) is 4.79 Å². The van der Waals surface area contributed by atoms with E-state index in [1.807, 2.05) is 36.4 Å². The van der Waals surface area contributed by atoms with Crippen LogP contribution in [0, 0.1) is 5.41 Å². The van der Waals surface area contributed by atoms with E-state index in [-0.39, 0.29) is 10.9 Å². The number of alkyl halides is 1. The maximum absolute atomic E-state index is 11.7. The van der Waals surface area contributed by atoms with E-state index in [9.17, 15) is 4.79 Å². The predicted molar refractivity (Wildman–Crippen MR) is 140 cm³/mol. The third-order valence-electron chi connectivity index (χ3n) is 6.80. The number of halogens is 2. The summed E-state index contributed by atoms with van der Waals surface area (Å²) in [6, 6.07) is 16.0. The molecule has 0 N–H and O–H groups in total. The van der Waals surface area contributed by atoms with E-state index in [1.165, 1.54) is 24.7 Å². The number of piperazine rings is 1. The summed E-state index contributed by atoms with van der Waals surface area (Å²) < 4.78 is 4.81. The summed E-state index contributed by atoms with van der Waals surface area (Å²) in [7, 11) is 1.41. The van der Waals surface area contributed by atoms with Crippen LogP contribution in [0.5, 0.6) is 0 Å². The van der Waals surface area contributed by atoms with E-state index in [0.717, 1.165) is 49.7 Å². The van der Waals surface area contributed by atoms with Crippen LogP contribution in [-0.2, 0) is 4.74 Å². The van der Waals surface area contributed by atoms with E-state index >= 15 is 0 Å².